The first kappa shape index (κ1) is 21.2. The van der Waals surface area contributed by atoms with Crippen LogP contribution in [-0.2, 0) is 9.53 Å². The second-order valence-electron chi connectivity index (χ2n) is 8.99. The Kier molecular flexibility index (Phi) is 7.21. The third-order valence-corrected chi connectivity index (χ3v) is 3.21. The summed E-state index contributed by atoms with van der Waals surface area (Å²) in [4.78, 5) is 12.0. The SMILES string of the molecule is CC(C)(I)CC(=O)NCC(C)(C)CC(C)(C)OC(C)(C)C. The van der Waals surface area contributed by atoms with Gasteiger partial charge in [-0.1, -0.05) is 50.3 Å². The average molecular weight is 411 g/mol. The number of alkyl halides is 1. The Hall–Kier alpha value is 0.160. The summed E-state index contributed by atoms with van der Waals surface area (Å²) < 4.78 is 6.14. The Morgan fingerprint density at radius 1 is 1.00 bits per heavy atom. The van der Waals surface area contributed by atoms with Gasteiger partial charge in [-0.2, -0.15) is 0 Å². The van der Waals surface area contributed by atoms with Crippen LogP contribution in [0.1, 0.15) is 75.2 Å². The lowest BCUT2D eigenvalue weighted by atomic mass is 9.81. The summed E-state index contributed by atoms with van der Waals surface area (Å²) >= 11 is 2.31. The van der Waals surface area contributed by atoms with Gasteiger partial charge in [0.05, 0.1) is 11.2 Å². The Morgan fingerprint density at radius 3 is 1.86 bits per heavy atom. The van der Waals surface area contributed by atoms with Crippen molar-refractivity contribution in [1.82, 2.24) is 5.32 Å². The van der Waals surface area contributed by atoms with E-state index < -0.39 is 0 Å². The summed E-state index contributed by atoms with van der Waals surface area (Å²) in [5.74, 6) is 0.122. The van der Waals surface area contributed by atoms with Crippen molar-refractivity contribution >= 4 is 28.5 Å². The number of hydrogen-bond donors (Lipinski definition) is 1. The van der Waals surface area contributed by atoms with E-state index in [9.17, 15) is 4.79 Å². The third kappa shape index (κ3) is 12.4. The first-order valence-electron chi connectivity index (χ1n) is 7.67. The van der Waals surface area contributed by atoms with Gasteiger partial charge >= 0.3 is 0 Å². The van der Waals surface area contributed by atoms with Crippen LogP contribution in [0.5, 0.6) is 0 Å². The van der Waals surface area contributed by atoms with E-state index in [0.717, 1.165) is 6.42 Å². The Morgan fingerprint density at radius 2 is 1.48 bits per heavy atom. The molecule has 1 N–H and O–H groups in total. The molecular formula is C17H34INO2. The van der Waals surface area contributed by atoms with Gasteiger partial charge in [0, 0.05) is 16.4 Å². The minimum atomic E-state index is -0.213. The summed E-state index contributed by atoms with van der Waals surface area (Å²) in [6.07, 6.45) is 1.44. The van der Waals surface area contributed by atoms with Crippen LogP contribution in [-0.4, -0.2) is 27.1 Å². The van der Waals surface area contributed by atoms with Crippen LogP contribution < -0.4 is 5.32 Å². The molecule has 0 aromatic carbocycles. The lowest BCUT2D eigenvalue weighted by Crippen LogP contribution is -2.43. The second kappa shape index (κ2) is 7.16. The van der Waals surface area contributed by atoms with Crippen LogP contribution >= 0.6 is 22.6 Å². The molecule has 0 spiro atoms. The minimum Gasteiger partial charge on any atom is -0.370 e. The maximum absolute atomic E-state index is 12.0. The summed E-state index contributed by atoms with van der Waals surface area (Å²) in [6.45, 7) is 19.6. The predicted octanol–water partition coefficient (Wildman–Crippen LogP) is 4.72. The molecule has 3 nitrogen and oxygen atoms in total. The monoisotopic (exact) mass is 411 g/mol. The summed E-state index contributed by atoms with van der Waals surface area (Å²) in [5.41, 5.74) is -0.372. The van der Waals surface area contributed by atoms with E-state index in [0.29, 0.717) is 13.0 Å². The van der Waals surface area contributed by atoms with E-state index >= 15 is 0 Å². The van der Waals surface area contributed by atoms with Gasteiger partial charge in [-0.15, -0.1) is 0 Å². The van der Waals surface area contributed by atoms with Gasteiger partial charge in [0.2, 0.25) is 5.91 Å². The molecule has 0 bridgehead atoms. The van der Waals surface area contributed by atoms with Crippen molar-refractivity contribution in [2.45, 2.75) is 89.8 Å². The van der Waals surface area contributed by atoms with Gasteiger partial charge in [0.1, 0.15) is 0 Å². The summed E-state index contributed by atoms with van der Waals surface area (Å²) in [6, 6.07) is 0. The molecule has 0 aliphatic heterocycles. The van der Waals surface area contributed by atoms with Crippen LogP contribution in [0, 0.1) is 5.41 Å². The molecule has 0 saturated carbocycles. The molecule has 0 saturated heterocycles. The third-order valence-electron chi connectivity index (χ3n) is 2.83. The molecule has 4 heteroatoms. The van der Waals surface area contributed by atoms with E-state index in [-0.39, 0.29) is 25.9 Å². The predicted molar refractivity (Wildman–Crippen MR) is 99.0 cm³/mol. The molecule has 0 aliphatic rings. The standard InChI is InChI=1S/C17H34INO2/c1-14(2,3)21-17(8,9)11-15(4,5)12-19-13(20)10-16(6,7)18/h10-12H2,1-9H3,(H,19,20). The molecule has 21 heavy (non-hydrogen) atoms. The number of ether oxygens (including phenoxy) is 1. The van der Waals surface area contributed by atoms with Gasteiger partial charge < -0.3 is 10.1 Å². The highest BCUT2D eigenvalue weighted by Gasteiger charge is 2.33. The Balaban J connectivity index is 4.47. The van der Waals surface area contributed by atoms with Crippen molar-refractivity contribution in [3.8, 4) is 0 Å². The first-order chi connectivity index (χ1) is 9.02. The van der Waals surface area contributed by atoms with Crippen LogP contribution in [0.4, 0.5) is 0 Å². The number of carbonyl (C=O) groups is 1. The first-order valence-corrected chi connectivity index (χ1v) is 8.75. The van der Waals surface area contributed by atoms with E-state index in [1.54, 1.807) is 0 Å². The second-order valence-corrected chi connectivity index (χ2v) is 11.9. The van der Waals surface area contributed by atoms with Crippen LogP contribution in [0.3, 0.4) is 0 Å². The van der Waals surface area contributed by atoms with Crippen molar-refractivity contribution in [1.29, 1.82) is 0 Å². The lowest BCUT2D eigenvalue weighted by molar-refractivity contribution is -0.131. The fourth-order valence-corrected chi connectivity index (χ4v) is 3.21. The zero-order valence-corrected chi connectivity index (χ0v) is 17.5. The molecule has 1 amide bonds. The fourth-order valence-electron chi connectivity index (χ4n) is 2.86. The largest absolute Gasteiger partial charge is 0.370 e. The molecule has 0 rings (SSSR count). The van der Waals surface area contributed by atoms with Crippen molar-refractivity contribution in [3.63, 3.8) is 0 Å². The van der Waals surface area contributed by atoms with Crippen molar-refractivity contribution in [2.75, 3.05) is 6.54 Å². The smallest absolute Gasteiger partial charge is 0.221 e. The molecule has 0 aromatic heterocycles. The van der Waals surface area contributed by atoms with E-state index in [1.165, 1.54) is 0 Å². The molecular weight excluding hydrogens is 377 g/mol. The fraction of sp³-hybridized carbons (Fsp3) is 0.941. The van der Waals surface area contributed by atoms with Crippen LogP contribution in [0.25, 0.3) is 0 Å². The number of nitrogens with one attached hydrogen (secondary N) is 1. The molecule has 0 heterocycles. The highest BCUT2D eigenvalue weighted by Crippen LogP contribution is 2.32. The molecule has 0 unspecified atom stereocenters. The van der Waals surface area contributed by atoms with Crippen LogP contribution in [0.15, 0.2) is 0 Å². The zero-order chi connectivity index (χ0) is 17.1. The van der Waals surface area contributed by atoms with Gasteiger partial charge in [0.15, 0.2) is 0 Å². The van der Waals surface area contributed by atoms with Crippen molar-refractivity contribution in [2.24, 2.45) is 5.41 Å². The maximum atomic E-state index is 12.0. The van der Waals surface area contributed by atoms with Crippen molar-refractivity contribution < 1.29 is 9.53 Å². The number of rotatable bonds is 7. The highest BCUT2D eigenvalue weighted by molar-refractivity contribution is 14.1. The Labute approximate surface area is 145 Å². The Bertz CT molecular complexity index is 349. The number of carbonyl (C=O) groups excluding carboxylic acids is 1. The van der Waals surface area contributed by atoms with E-state index in [4.69, 9.17) is 4.74 Å². The lowest BCUT2D eigenvalue weighted by Gasteiger charge is -2.39. The molecule has 0 atom stereocenters. The average Bonchev–Trinajstić information content (AvgIpc) is 2.05. The molecule has 0 aromatic rings. The normalized spacial score (nSPS) is 14.2. The van der Waals surface area contributed by atoms with E-state index in [1.807, 2.05) is 0 Å². The number of hydrogen-bond acceptors (Lipinski definition) is 2. The van der Waals surface area contributed by atoms with Crippen molar-refractivity contribution in [3.05, 3.63) is 0 Å². The molecule has 0 fully saturated rings. The summed E-state index contributed by atoms with van der Waals surface area (Å²) in [7, 11) is 0. The van der Waals surface area contributed by atoms with Gasteiger partial charge in [-0.05, 0) is 46.5 Å². The van der Waals surface area contributed by atoms with E-state index in [2.05, 4.69) is 90.2 Å². The quantitative estimate of drug-likeness (QED) is 0.487. The molecule has 0 radical (unpaired) electrons. The van der Waals surface area contributed by atoms with Crippen LogP contribution in [0.2, 0.25) is 0 Å². The molecule has 0 aliphatic carbocycles. The molecule has 126 valence electrons. The number of amides is 1. The minimum absolute atomic E-state index is 0.000173. The number of halogens is 1. The van der Waals surface area contributed by atoms with Gasteiger partial charge in [0.25, 0.3) is 0 Å². The van der Waals surface area contributed by atoms with Gasteiger partial charge in [-0.25, -0.2) is 0 Å². The topological polar surface area (TPSA) is 38.3 Å². The maximum Gasteiger partial charge on any atom is 0.221 e. The highest BCUT2D eigenvalue weighted by atomic mass is 127. The summed E-state index contributed by atoms with van der Waals surface area (Å²) in [5, 5.41) is 3.07. The van der Waals surface area contributed by atoms with Gasteiger partial charge in [-0.3, -0.25) is 4.79 Å². The zero-order valence-electron chi connectivity index (χ0n) is 15.3.